The zero-order valence-electron chi connectivity index (χ0n) is 14.8. The van der Waals surface area contributed by atoms with Gasteiger partial charge in [-0.3, -0.25) is 0 Å². The van der Waals surface area contributed by atoms with E-state index in [0.29, 0.717) is 31.1 Å². The second-order valence-corrected chi connectivity index (χ2v) is 6.81. The number of nitrogens with one attached hydrogen (secondary N) is 2. The fourth-order valence-corrected chi connectivity index (χ4v) is 3.00. The van der Waals surface area contributed by atoms with Gasteiger partial charge in [0.15, 0.2) is 5.82 Å². The lowest BCUT2D eigenvalue weighted by Gasteiger charge is -2.34. The number of benzene rings is 1. The monoisotopic (exact) mass is 353 g/mol. The highest BCUT2D eigenvalue weighted by molar-refractivity contribution is 5.89. The molecule has 1 aliphatic carbocycles. The molecule has 2 amide bonds. The summed E-state index contributed by atoms with van der Waals surface area (Å²) in [6.07, 6.45) is 3.93. The highest BCUT2D eigenvalue weighted by Gasteiger charge is 2.23. The van der Waals surface area contributed by atoms with E-state index in [2.05, 4.69) is 27.4 Å². The van der Waals surface area contributed by atoms with Crippen molar-refractivity contribution in [3.63, 3.8) is 0 Å². The van der Waals surface area contributed by atoms with Crippen molar-refractivity contribution >= 4 is 17.5 Å². The molecule has 1 saturated heterocycles. The van der Waals surface area contributed by atoms with E-state index in [0.717, 1.165) is 36.5 Å². The molecule has 136 valence electrons. The number of urea groups is 1. The summed E-state index contributed by atoms with van der Waals surface area (Å²) in [6, 6.07) is 10.0. The van der Waals surface area contributed by atoms with Crippen LogP contribution in [0.25, 0.3) is 11.4 Å². The van der Waals surface area contributed by atoms with Gasteiger partial charge in [0, 0.05) is 30.0 Å². The molecule has 1 aromatic heterocycles. The third-order valence-corrected chi connectivity index (χ3v) is 4.62. The molecule has 1 aliphatic heterocycles. The summed E-state index contributed by atoms with van der Waals surface area (Å²) in [5, 5.41) is 5.75. The number of hydrogen-bond acceptors (Lipinski definition) is 5. The van der Waals surface area contributed by atoms with Gasteiger partial charge in [-0.25, -0.2) is 14.8 Å². The zero-order chi connectivity index (χ0) is 17.9. The smallest absolute Gasteiger partial charge is 0.319 e. The summed E-state index contributed by atoms with van der Waals surface area (Å²) in [4.78, 5) is 23.2. The number of anilines is 2. The normalized spacial score (nSPS) is 19.9. The van der Waals surface area contributed by atoms with Crippen molar-refractivity contribution in [1.82, 2.24) is 15.3 Å². The van der Waals surface area contributed by atoms with Gasteiger partial charge in [0.2, 0.25) is 0 Å². The van der Waals surface area contributed by atoms with Crippen LogP contribution in [0.5, 0.6) is 0 Å². The number of amides is 2. The molecule has 2 heterocycles. The maximum Gasteiger partial charge on any atom is 0.319 e. The van der Waals surface area contributed by atoms with Crippen LogP contribution in [0.15, 0.2) is 36.5 Å². The number of carbonyl (C=O) groups excluding carboxylic acids is 1. The minimum absolute atomic E-state index is 0.153. The van der Waals surface area contributed by atoms with Crippen LogP contribution >= 0.6 is 0 Å². The Balaban J connectivity index is 1.46. The standard InChI is InChI=1S/C19H23N5O2/c1-13-12-26-11-10-24(13)17-8-9-20-18(23-17)14-2-4-15(5-3-14)21-19(25)22-16-6-7-16/h2-5,8-9,13,16H,6-7,10-12H2,1H3,(H2,21,22,25). The van der Waals surface area contributed by atoms with Gasteiger partial charge >= 0.3 is 6.03 Å². The Bertz CT molecular complexity index is 776. The minimum Gasteiger partial charge on any atom is -0.377 e. The average Bonchev–Trinajstić information content (AvgIpc) is 3.47. The number of ether oxygens (including phenoxy) is 1. The van der Waals surface area contributed by atoms with Crippen LogP contribution in [0.4, 0.5) is 16.3 Å². The molecule has 0 bridgehead atoms. The molecule has 0 spiro atoms. The van der Waals surface area contributed by atoms with Gasteiger partial charge in [0.25, 0.3) is 0 Å². The predicted molar refractivity (Wildman–Crippen MR) is 100 cm³/mol. The van der Waals surface area contributed by atoms with E-state index in [-0.39, 0.29) is 6.03 Å². The molecule has 2 fully saturated rings. The topological polar surface area (TPSA) is 79.4 Å². The molecule has 2 N–H and O–H groups in total. The summed E-state index contributed by atoms with van der Waals surface area (Å²) in [7, 11) is 0. The van der Waals surface area contributed by atoms with Gasteiger partial charge < -0.3 is 20.3 Å². The molecule has 26 heavy (non-hydrogen) atoms. The van der Waals surface area contributed by atoms with Crippen LogP contribution in [-0.4, -0.2) is 47.8 Å². The molecule has 0 radical (unpaired) electrons. The van der Waals surface area contributed by atoms with E-state index in [1.807, 2.05) is 30.3 Å². The van der Waals surface area contributed by atoms with Crippen LogP contribution < -0.4 is 15.5 Å². The van der Waals surface area contributed by atoms with Crippen LogP contribution in [-0.2, 0) is 4.74 Å². The highest BCUT2D eigenvalue weighted by atomic mass is 16.5. The minimum atomic E-state index is -0.153. The Kier molecular flexibility index (Phi) is 4.71. The summed E-state index contributed by atoms with van der Waals surface area (Å²) in [5.41, 5.74) is 1.67. The Morgan fingerprint density at radius 1 is 1.23 bits per heavy atom. The van der Waals surface area contributed by atoms with Gasteiger partial charge in [0.1, 0.15) is 5.82 Å². The van der Waals surface area contributed by atoms with Gasteiger partial charge in [-0.05, 0) is 50.1 Å². The Hall–Kier alpha value is -2.67. The van der Waals surface area contributed by atoms with E-state index in [1.54, 1.807) is 6.20 Å². The first-order valence-electron chi connectivity index (χ1n) is 9.04. The number of hydrogen-bond donors (Lipinski definition) is 2. The lowest BCUT2D eigenvalue weighted by Crippen LogP contribution is -2.44. The van der Waals surface area contributed by atoms with Crippen molar-refractivity contribution in [2.45, 2.75) is 31.8 Å². The summed E-state index contributed by atoms with van der Waals surface area (Å²) in [5.74, 6) is 1.59. The second-order valence-electron chi connectivity index (χ2n) is 6.81. The molecule has 4 rings (SSSR count). The van der Waals surface area contributed by atoms with Gasteiger partial charge in [0.05, 0.1) is 19.3 Å². The van der Waals surface area contributed by atoms with Crippen molar-refractivity contribution in [2.75, 3.05) is 30.0 Å². The Labute approximate surface area is 152 Å². The van der Waals surface area contributed by atoms with Crippen LogP contribution in [0, 0.1) is 0 Å². The maximum atomic E-state index is 11.8. The van der Waals surface area contributed by atoms with E-state index in [9.17, 15) is 4.79 Å². The number of nitrogens with zero attached hydrogens (tertiary/aromatic N) is 3. The molecular formula is C19H23N5O2. The van der Waals surface area contributed by atoms with Gasteiger partial charge in [-0.15, -0.1) is 0 Å². The zero-order valence-corrected chi connectivity index (χ0v) is 14.8. The van der Waals surface area contributed by atoms with Crippen molar-refractivity contribution in [1.29, 1.82) is 0 Å². The van der Waals surface area contributed by atoms with Gasteiger partial charge in [-0.2, -0.15) is 0 Å². The number of rotatable bonds is 4. The Morgan fingerprint density at radius 3 is 2.77 bits per heavy atom. The molecule has 2 aromatic rings. The average molecular weight is 353 g/mol. The third kappa shape index (κ3) is 3.94. The quantitative estimate of drug-likeness (QED) is 0.883. The molecular weight excluding hydrogens is 330 g/mol. The van der Waals surface area contributed by atoms with Crippen molar-refractivity contribution in [3.05, 3.63) is 36.5 Å². The molecule has 1 saturated carbocycles. The first-order valence-corrected chi connectivity index (χ1v) is 9.04. The fourth-order valence-electron chi connectivity index (χ4n) is 3.00. The van der Waals surface area contributed by atoms with Crippen molar-refractivity contribution < 1.29 is 9.53 Å². The summed E-state index contributed by atoms with van der Waals surface area (Å²) >= 11 is 0. The summed E-state index contributed by atoms with van der Waals surface area (Å²) < 4.78 is 5.50. The van der Waals surface area contributed by atoms with Crippen LogP contribution in [0.3, 0.4) is 0 Å². The lowest BCUT2D eigenvalue weighted by molar-refractivity contribution is 0.0985. The van der Waals surface area contributed by atoms with Crippen LogP contribution in [0.1, 0.15) is 19.8 Å². The summed E-state index contributed by atoms with van der Waals surface area (Å²) in [6.45, 7) is 4.39. The number of aromatic nitrogens is 2. The van der Waals surface area contributed by atoms with E-state index in [4.69, 9.17) is 9.72 Å². The van der Waals surface area contributed by atoms with Crippen molar-refractivity contribution in [2.24, 2.45) is 0 Å². The predicted octanol–water partition coefficient (Wildman–Crippen LogP) is 2.65. The lowest BCUT2D eigenvalue weighted by atomic mass is 10.2. The molecule has 1 aromatic carbocycles. The molecule has 7 nitrogen and oxygen atoms in total. The maximum absolute atomic E-state index is 11.8. The second kappa shape index (κ2) is 7.29. The largest absolute Gasteiger partial charge is 0.377 e. The fraction of sp³-hybridized carbons (Fsp3) is 0.421. The first kappa shape index (κ1) is 16.8. The molecule has 1 unspecified atom stereocenters. The molecule has 2 aliphatic rings. The van der Waals surface area contributed by atoms with E-state index in [1.165, 1.54) is 0 Å². The number of carbonyl (C=O) groups is 1. The Morgan fingerprint density at radius 2 is 2.04 bits per heavy atom. The molecule has 7 heteroatoms. The SMILES string of the molecule is CC1COCCN1c1ccnc(-c2ccc(NC(=O)NC3CC3)cc2)n1. The third-order valence-electron chi connectivity index (χ3n) is 4.62. The number of morpholine rings is 1. The van der Waals surface area contributed by atoms with Crippen LogP contribution in [0.2, 0.25) is 0 Å². The van der Waals surface area contributed by atoms with E-state index < -0.39 is 0 Å². The van der Waals surface area contributed by atoms with Crippen molar-refractivity contribution in [3.8, 4) is 11.4 Å². The first-order chi connectivity index (χ1) is 12.7. The van der Waals surface area contributed by atoms with E-state index >= 15 is 0 Å². The van der Waals surface area contributed by atoms with Gasteiger partial charge in [-0.1, -0.05) is 0 Å². The highest BCUT2D eigenvalue weighted by Crippen LogP contribution is 2.23. The molecule has 1 atom stereocenters.